The number of carboxylic acids is 1. The van der Waals surface area contributed by atoms with E-state index in [-0.39, 0.29) is 24.5 Å². The van der Waals surface area contributed by atoms with Crippen LogP contribution in [-0.2, 0) is 14.3 Å². The van der Waals surface area contributed by atoms with Gasteiger partial charge in [-0.15, -0.1) is 0 Å². The van der Waals surface area contributed by atoms with Crippen LogP contribution >= 0.6 is 0 Å². The average molecular weight is 287 g/mol. The molecular formula is C14H25NO5. The highest BCUT2D eigenvalue weighted by molar-refractivity contribution is 5.69. The molecule has 0 aromatic rings. The molecule has 1 aliphatic heterocycles. The van der Waals surface area contributed by atoms with Crippen LogP contribution in [0.1, 0.15) is 47.0 Å². The molecule has 1 aliphatic rings. The maximum Gasteiger partial charge on any atom is 0.407 e. The molecule has 0 radical (unpaired) electrons. The highest BCUT2D eigenvalue weighted by Gasteiger charge is 2.33. The van der Waals surface area contributed by atoms with Gasteiger partial charge in [0.25, 0.3) is 0 Å². The van der Waals surface area contributed by atoms with Crippen molar-refractivity contribution < 1.29 is 24.2 Å². The predicted octanol–water partition coefficient (Wildman–Crippen LogP) is 2.17. The fraction of sp³-hybridized carbons (Fsp3) is 0.857. The van der Waals surface area contributed by atoms with E-state index in [1.807, 2.05) is 0 Å². The smallest absolute Gasteiger partial charge is 0.407 e. The maximum atomic E-state index is 11.8. The van der Waals surface area contributed by atoms with E-state index in [0.717, 1.165) is 12.8 Å². The fourth-order valence-corrected chi connectivity index (χ4v) is 2.37. The first-order valence-corrected chi connectivity index (χ1v) is 7.02. The van der Waals surface area contributed by atoms with Crippen molar-refractivity contribution in [3.8, 4) is 0 Å². The van der Waals surface area contributed by atoms with Crippen molar-refractivity contribution in [3.63, 3.8) is 0 Å². The average Bonchev–Trinajstić information content (AvgIpc) is 2.75. The van der Waals surface area contributed by atoms with Gasteiger partial charge in [0.1, 0.15) is 5.60 Å². The zero-order valence-corrected chi connectivity index (χ0v) is 12.6. The monoisotopic (exact) mass is 287 g/mol. The summed E-state index contributed by atoms with van der Waals surface area (Å²) in [6.07, 6.45) is 1.09. The molecule has 1 saturated heterocycles. The van der Waals surface area contributed by atoms with Crippen LogP contribution in [0.3, 0.4) is 0 Å². The summed E-state index contributed by atoms with van der Waals surface area (Å²) in [5.74, 6) is -1.13. The summed E-state index contributed by atoms with van der Waals surface area (Å²) in [7, 11) is 0. The number of rotatable bonds is 5. The topological polar surface area (TPSA) is 84.9 Å². The molecule has 3 atom stereocenters. The standard InChI is InChI=1S/C14H25NO5/c1-9(15-13(18)20-14(2,3)4)10(8-12(16)17)11-6-5-7-19-11/h9-11H,5-8H2,1-4H3,(H,15,18)(H,16,17). The van der Waals surface area contributed by atoms with Crippen LogP contribution in [0.4, 0.5) is 4.79 Å². The first-order valence-electron chi connectivity index (χ1n) is 7.02. The van der Waals surface area contributed by atoms with Crippen molar-refractivity contribution in [2.24, 2.45) is 5.92 Å². The number of carbonyl (C=O) groups is 2. The number of ether oxygens (including phenoxy) is 2. The van der Waals surface area contributed by atoms with E-state index in [4.69, 9.17) is 14.6 Å². The highest BCUT2D eigenvalue weighted by Crippen LogP contribution is 2.26. The SMILES string of the molecule is CC(NC(=O)OC(C)(C)C)C(CC(=O)O)C1CCCO1. The quantitative estimate of drug-likeness (QED) is 0.809. The van der Waals surface area contributed by atoms with E-state index in [1.54, 1.807) is 27.7 Å². The maximum absolute atomic E-state index is 11.8. The highest BCUT2D eigenvalue weighted by atomic mass is 16.6. The van der Waals surface area contributed by atoms with Gasteiger partial charge >= 0.3 is 12.1 Å². The lowest BCUT2D eigenvalue weighted by molar-refractivity contribution is -0.139. The second-order valence-corrected chi connectivity index (χ2v) is 6.25. The first-order chi connectivity index (χ1) is 9.19. The molecule has 2 N–H and O–H groups in total. The molecule has 20 heavy (non-hydrogen) atoms. The molecule has 6 heteroatoms. The molecule has 116 valence electrons. The number of carbonyl (C=O) groups excluding carboxylic acids is 1. The number of hydrogen-bond acceptors (Lipinski definition) is 4. The van der Waals surface area contributed by atoms with E-state index in [2.05, 4.69) is 5.32 Å². The second-order valence-electron chi connectivity index (χ2n) is 6.25. The van der Waals surface area contributed by atoms with Gasteiger partial charge in [0.05, 0.1) is 12.5 Å². The molecule has 0 saturated carbocycles. The van der Waals surface area contributed by atoms with Gasteiger partial charge in [-0.3, -0.25) is 4.79 Å². The Hall–Kier alpha value is -1.30. The number of nitrogens with one attached hydrogen (secondary N) is 1. The molecule has 3 unspecified atom stereocenters. The lowest BCUT2D eigenvalue weighted by Gasteiger charge is -2.29. The van der Waals surface area contributed by atoms with Crippen LogP contribution < -0.4 is 5.32 Å². The molecular weight excluding hydrogens is 262 g/mol. The van der Waals surface area contributed by atoms with E-state index in [1.165, 1.54) is 0 Å². The summed E-state index contributed by atoms with van der Waals surface area (Å²) in [4.78, 5) is 22.7. The molecule has 0 aromatic carbocycles. The molecule has 1 fully saturated rings. The molecule has 0 aromatic heterocycles. The van der Waals surface area contributed by atoms with Crippen LogP contribution in [0, 0.1) is 5.92 Å². The lowest BCUT2D eigenvalue weighted by atomic mass is 9.90. The van der Waals surface area contributed by atoms with Gasteiger partial charge in [-0.2, -0.15) is 0 Å². The Kier molecular flexibility index (Phi) is 5.80. The van der Waals surface area contributed by atoms with Gasteiger partial charge < -0.3 is 19.9 Å². The van der Waals surface area contributed by atoms with E-state index in [0.29, 0.717) is 6.61 Å². The van der Waals surface area contributed by atoms with Gasteiger partial charge in [-0.25, -0.2) is 4.79 Å². The summed E-state index contributed by atoms with van der Waals surface area (Å²) >= 11 is 0. The summed E-state index contributed by atoms with van der Waals surface area (Å²) < 4.78 is 10.8. The Bertz CT molecular complexity index is 344. The van der Waals surface area contributed by atoms with Crippen LogP contribution in [0.2, 0.25) is 0 Å². The van der Waals surface area contributed by atoms with Gasteiger partial charge in [-0.05, 0) is 40.5 Å². The fourth-order valence-electron chi connectivity index (χ4n) is 2.37. The third kappa shape index (κ3) is 5.77. The predicted molar refractivity (Wildman–Crippen MR) is 73.5 cm³/mol. The number of amides is 1. The zero-order chi connectivity index (χ0) is 15.3. The second kappa shape index (κ2) is 6.92. The minimum atomic E-state index is -0.886. The third-order valence-corrected chi connectivity index (χ3v) is 3.24. The van der Waals surface area contributed by atoms with Crippen molar-refractivity contribution in [1.82, 2.24) is 5.32 Å². The Morgan fingerprint density at radius 3 is 2.55 bits per heavy atom. The van der Waals surface area contributed by atoms with Crippen LogP contribution in [-0.4, -0.2) is 41.5 Å². The largest absolute Gasteiger partial charge is 0.481 e. The molecule has 6 nitrogen and oxygen atoms in total. The molecule has 0 spiro atoms. The molecule has 1 heterocycles. The van der Waals surface area contributed by atoms with Crippen molar-refractivity contribution in [2.45, 2.75) is 64.7 Å². The first kappa shape index (κ1) is 16.8. The molecule has 1 amide bonds. The summed E-state index contributed by atoms with van der Waals surface area (Å²) in [5, 5.41) is 11.7. The Morgan fingerprint density at radius 2 is 2.10 bits per heavy atom. The van der Waals surface area contributed by atoms with Gasteiger partial charge in [-0.1, -0.05) is 0 Å². The van der Waals surface area contributed by atoms with E-state index >= 15 is 0 Å². The molecule has 1 rings (SSSR count). The zero-order valence-electron chi connectivity index (χ0n) is 12.6. The van der Waals surface area contributed by atoms with Crippen molar-refractivity contribution in [1.29, 1.82) is 0 Å². The minimum absolute atomic E-state index is 0.0262. The minimum Gasteiger partial charge on any atom is -0.481 e. The number of hydrogen-bond donors (Lipinski definition) is 2. The Labute approximate surface area is 119 Å². The van der Waals surface area contributed by atoms with E-state index in [9.17, 15) is 9.59 Å². The lowest BCUT2D eigenvalue weighted by Crippen LogP contribution is -2.45. The van der Waals surface area contributed by atoms with Gasteiger partial charge in [0.2, 0.25) is 0 Å². The third-order valence-electron chi connectivity index (χ3n) is 3.24. The summed E-state index contributed by atoms with van der Waals surface area (Å²) in [5.41, 5.74) is -0.573. The van der Waals surface area contributed by atoms with Crippen molar-refractivity contribution in [3.05, 3.63) is 0 Å². The molecule has 0 bridgehead atoms. The Morgan fingerprint density at radius 1 is 1.45 bits per heavy atom. The number of alkyl carbamates (subject to hydrolysis) is 1. The van der Waals surface area contributed by atoms with Gasteiger partial charge in [0, 0.05) is 18.6 Å². The molecule has 0 aliphatic carbocycles. The number of carboxylic acid groups (broad SMARTS) is 1. The van der Waals surface area contributed by atoms with Crippen molar-refractivity contribution in [2.75, 3.05) is 6.61 Å². The van der Waals surface area contributed by atoms with Gasteiger partial charge in [0.15, 0.2) is 0 Å². The van der Waals surface area contributed by atoms with Crippen LogP contribution in [0.15, 0.2) is 0 Å². The van der Waals surface area contributed by atoms with E-state index < -0.39 is 17.7 Å². The van der Waals surface area contributed by atoms with Crippen molar-refractivity contribution >= 4 is 12.1 Å². The van der Waals surface area contributed by atoms with Crippen LogP contribution in [0.25, 0.3) is 0 Å². The summed E-state index contributed by atoms with van der Waals surface area (Å²) in [6.45, 7) is 7.79. The van der Waals surface area contributed by atoms with Crippen LogP contribution in [0.5, 0.6) is 0 Å². The normalized spacial score (nSPS) is 22.1. The summed E-state index contributed by atoms with van der Waals surface area (Å²) in [6, 6.07) is -0.316. The Balaban J connectivity index is 2.60. The number of aliphatic carboxylic acids is 1.